The summed E-state index contributed by atoms with van der Waals surface area (Å²) in [5.74, 6) is 0.593. The van der Waals surface area contributed by atoms with Crippen LogP contribution in [0, 0.1) is 5.92 Å². The molecule has 2 heterocycles. The SMILES string of the molecule is Cl.Cl.NC(CNC(=O)Cc1cn2ccccc2n1)C1CC1. The summed E-state index contributed by atoms with van der Waals surface area (Å²) in [5.41, 5.74) is 7.59. The monoisotopic (exact) mass is 330 g/mol. The van der Waals surface area contributed by atoms with Gasteiger partial charge in [-0.3, -0.25) is 4.79 Å². The van der Waals surface area contributed by atoms with Crippen LogP contribution in [-0.2, 0) is 11.2 Å². The Morgan fingerprint density at radius 2 is 2.19 bits per heavy atom. The zero-order valence-electron chi connectivity index (χ0n) is 11.6. The van der Waals surface area contributed by atoms with Crippen molar-refractivity contribution in [2.24, 2.45) is 11.7 Å². The molecule has 1 aliphatic rings. The number of fused-ring (bicyclic) bond motifs is 1. The molecular weight excluding hydrogens is 311 g/mol. The van der Waals surface area contributed by atoms with Crippen LogP contribution in [0.25, 0.3) is 5.65 Å². The molecule has 7 heteroatoms. The third-order valence-electron chi connectivity index (χ3n) is 3.52. The molecular formula is C14H20Cl2N4O. The maximum atomic E-state index is 11.8. The Bertz CT molecular complexity index is 564. The van der Waals surface area contributed by atoms with Gasteiger partial charge in [0.05, 0.1) is 12.1 Å². The molecule has 0 radical (unpaired) electrons. The third kappa shape index (κ3) is 4.59. The molecule has 21 heavy (non-hydrogen) atoms. The summed E-state index contributed by atoms with van der Waals surface area (Å²) >= 11 is 0. The van der Waals surface area contributed by atoms with Crippen LogP contribution in [0.4, 0.5) is 0 Å². The molecule has 1 aliphatic carbocycles. The molecule has 0 saturated heterocycles. The summed E-state index contributed by atoms with van der Waals surface area (Å²) < 4.78 is 1.92. The molecule has 2 aromatic rings. The number of carbonyl (C=O) groups is 1. The van der Waals surface area contributed by atoms with E-state index in [0.717, 1.165) is 11.3 Å². The quantitative estimate of drug-likeness (QED) is 0.874. The Morgan fingerprint density at radius 1 is 1.43 bits per heavy atom. The number of rotatable bonds is 5. The Hall–Kier alpha value is -1.30. The summed E-state index contributed by atoms with van der Waals surface area (Å²) in [6.45, 7) is 0.566. The lowest BCUT2D eigenvalue weighted by Crippen LogP contribution is -2.39. The highest BCUT2D eigenvalue weighted by molar-refractivity contribution is 5.85. The van der Waals surface area contributed by atoms with Crippen molar-refractivity contribution in [3.05, 3.63) is 36.3 Å². The van der Waals surface area contributed by atoms with Crippen molar-refractivity contribution >= 4 is 36.4 Å². The third-order valence-corrected chi connectivity index (χ3v) is 3.52. The number of amides is 1. The Labute approximate surface area is 136 Å². The van der Waals surface area contributed by atoms with E-state index < -0.39 is 0 Å². The number of nitrogens with one attached hydrogen (secondary N) is 1. The van der Waals surface area contributed by atoms with Gasteiger partial charge in [-0.2, -0.15) is 0 Å². The van der Waals surface area contributed by atoms with Gasteiger partial charge >= 0.3 is 0 Å². The average molecular weight is 331 g/mol. The van der Waals surface area contributed by atoms with Gasteiger partial charge in [-0.15, -0.1) is 24.8 Å². The highest BCUT2D eigenvalue weighted by atomic mass is 35.5. The minimum absolute atomic E-state index is 0. The number of pyridine rings is 1. The Kier molecular flexibility index (Phi) is 6.45. The summed E-state index contributed by atoms with van der Waals surface area (Å²) in [4.78, 5) is 16.2. The van der Waals surface area contributed by atoms with E-state index >= 15 is 0 Å². The highest BCUT2D eigenvalue weighted by Crippen LogP contribution is 2.31. The lowest BCUT2D eigenvalue weighted by atomic mass is 10.2. The van der Waals surface area contributed by atoms with Gasteiger partial charge in [0.15, 0.2) is 0 Å². The largest absolute Gasteiger partial charge is 0.354 e. The van der Waals surface area contributed by atoms with Crippen LogP contribution < -0.4 is 11.1 Å². The average Bonchev–Trinajstić information content (AvgIpc) is 3.16. The summed E-state index contributed by atoms with van der Waals surface area (Å²) in [7, 11) is 0. The number of imidazole rings is 1. The highest BCUT2D eigenvalue weighted by Gasteiger charge is 2.28. The van der Waals surface area contributed by atoms with Gasteiger partial charge in [0.25, 0.3) is 0 Å². The summed E-state index contributed by atoms with van der Waals surface area (Å²) in [6.07, 6.45) is 6.51. The minimum Gasteiger partial charge on any atom is -0.354 e. The van der Waals surface area contributed by atoms with Gasteiger partial charge in [-0.05, 0) is 30.9 Å². The first kappa shape index (κ1) is 17.8. The molecule has 3 N–H and O–H groups in total. The molecule has 0 aromatic carbocycles. The fourth-order valence-corrected chi connectivity index (χ4v) is 2.22. The minimum atomic E-state index is -0.0143. The van der Waals surface area contributed by atoms with Gasteiger partial charge in [0.2, 0.25) is 5.91 Å². The van der Waals surface area contributed by atoms with E-state index in [2.05, 4.69) is 10.3 Å². The number of halogens is 2. The van der Waals surface area contributed by atoms with E-state index in [9.17, 15) is 4.79 Å². The van der Waals surface area contributed by atoms with Crippen molar-refractivity contribution in [3.63, 3.8) is 0 Å². The molecule has 5 nitrogen and oxygen atoms in total. The van der Waals surface area contributed by atoms with E-state index in [1.807, 2.05) is 35.0 Å². The topological polar surface area (TPSA) is 72.4 Å². The van der Waals surface area contributed by atoms with Crippen LogP contribution in [0.2, 0.25) is 0 Å². The van der Waals surface area contributed by atoms with Gasteiger partial charge < -0.3 is 15.5 Å². The van der Waals surface area contributed by atoms with Crippen molar-refractivity contribution < 1.29 is 4.79 Å². The normalized spacial score (nSPS) is 14.9. The standard InChI is InChI=1S/C14H18N4O.2ClH/c15-12(10-4-5-10)8-16-14(19)7-11-9-18-6-2-1-3-13(18)17-11;;/h1-3,6,9-10,12H,4-5,7-8,15H2,(H,16,19);2*1H. The first-order chi connectivity index (χ1) is 9.22. The van der Waals surface area contributed by atoms with Crippen molar-refractivity contribution in [2.75, 3.05) is 6.54 Å². The van der Waals surface area contributed by atoms with Crippen molar-refractivity contribution in [1.82, 2.24) is 14.7 Å². The predicted octanol–water partition coefficient (Wildman–Crippen LogP) is 1.57. The number of hydrogen-bond acceptors (Lipinski definition) is 3. The maximum Gasteiger partial charge on any atom is 0.226 e. The number of nitrogens with two attached hydrogens (primary N) is 1. The van der Waals surface area contributed by atoms with E-state index in [1.165, 1.54) is 12.8 Å². The molecule has 0 spiro atoms. The molecule has 0 aliphatic heterocycles. The molecule has 1 saturated carbocycles. The zero-order chi connectivity index (χ0) is 13.2. The number of nitrogens with zero attached hydrogens (tertiary/aromatic N) is 2. The second-order valence-electron chi connectivity index (χ2n) is 5.18. The van der Waals surface area contributed by atoms with Crippen LogP contribution in [0.5, 0.6) is 0 Å². The van der Waals surface area contributed by atoms with Crippen LogP contribution >= 0.6 is 24.8 Å². The van der Waals surface area contributed by atoms with Gasteiger partial charge in [0, 0.05) is 25.0 Å². The van der Waals surface area contributed by atoms with Crippen molar-refractivity contribution in [3.8, 4) is 0 Å². The molecule has 2 aromatic heterocycles. The van der Waals surface area contributed by atoms with E-state index in [0.29, 0.717) is 18.9 Å². The number of carbonyl (C=O) groups excluding carboxylic acids is 1. The van der Waals surface area contributed by atoms with Gasteiger partial charge in [-0.1, -0.05) is 6.07 Å². The smallest absolute Gasteiger partial charge is 0.226 e. The predicted molar refractivity (Wildman–Crippen MR) is 87.1 cm³/mol. The fourth-order valence-electron chi connectivity index (χ4n) is 2.22. The van der Waals surface area contributed by atoms with E-state index in [4.69, 9.17) is 5.73 Å². The van der Waals surface area contributed by atoms with Crippen molar-refractivity contribution in [2.45, 2.75) is 25.3 Å². The molecule has 1 unspecified atom stereocenters. The lowest BCUT2D eigenvalue weighted by molar-refractivity contribution is -0.120. The van der Waals surface area contributed by atoms with Crippen LogP contribution in [0.15, 0.2) is 30.6 Å². The second-order valence-corrected chi connectivity index (χ2v) is 5.18. The van der Waals surface area contributed by atoms with Crippen LogP contribution in [-0.4, -0.2) is 27.9 Å². The molecule has 0 bridgehead atoms. The van der Waals surface area contributed by atoms with Gasteiger partial charge in [0.1, 0.15) is 5.65 Å². The van der Waals surface area contributed by atoms with Crippen LogP contribution in [0.1, 0.15) is 18.5 Å². The second kappa shape index (κ2) is 7.64. The van der Waals surface area contributed by atoms with E-state index in [-0.39, 0.29) is 36.8 Å². The molecule has 1 amide bonds. The Morgan fingerprint density at radius 3 is 2.86 bits per heavy atom. The van der Waals surface area contributed by atoms with E-state index in [1.54, 1.807) is 0 Å². The fraction of sp³-hybridized carbons (Fsp3) is 0.429. The first-order valence-electron chi connectivity index (χ1n) is 6.67. The lowest BCUT2D eigenvalue weighted by Gasteiger charge is -2.10. The first-order valence-corrected chi connectivity index (χ1v) is 6.67. The molecule has 1 fully saturated rings. The number of hydrogen-bond donors (Lipinski definition) is 2. The van der Waals surface area contributed by atoms with Crippen LogP contribution in [0.3, 0.4) is 0 Å². The Balaban J connectivity index is 0.00000110. The molecule has 116 valence electrons. The number of aromatic nitrogens is 2. The molecule has 3 rings (SSSR count). The summed E-state index contributed by atoms with van der Waals surface area (Å²) in [5, 5.41) is 2.88. The summed E-state index contributed by atoms with van der Waals surface area (Å²) in [6, 6.07) is 5.89. The van der Waals surface area contributed by atoms with Gasteiger partial charge in [-0.25, -0.2) is 4.98 Å². The molecule has 1 atom stereocenters. The van der Waals surface area contributed by atoms with Crippen molar-refractivity contribution in [1.29, 1.82) is 0 Å². The zero-order valence-corrected chi connectivity index (χ0v) is 13.2. The maximum absolute atomic E-state index is 11.8.